The van der Waals surface area contributed by atoms with E-state index in [1.165, 1.54) is 126 Å². The zero-order valence-electron chi connectivity index (χ0n) is 25.5. The van der Waals surface area contributed by atoms with E-state index >= 15 is 0 Å². The SMILES string of the molecule is CCCCCCCCC1(CCCCCCCC)c2cc(C)ccc2-c2ccc(C(C)(CC)CCC)cc21. The van der Waals surface area contributed by atoms with Crippen LogP contribution in [0.25, 0.3) is 11.1 Å². The molecule has 0 saturated heterocycles. The van der Waals surface area contributed by atoms with Gasteiger partial charge in [-0.2, -0.15) is 0 Å². The van der Waals surface area contributed by atoms with Gasteiger partial charge in [0.05, 0.1) is 0 Å². The zero-order valence-corrected chi connectivity index (χ0v) is 25.5. The highest BCUT2D eigenvalue weighted by atomic mass is 14.5. The van der Waals surface area contributed by atoms with Crippen molar-refractivity contribution in [2.75, 3.05) is 0 Å². The summed E-state index contributed by atoms with van der Waals surface area (Å²) in [5.41, 5.74) is 9.85. The second-order valence-electron chi connectivity index (χ2n) is 12.6. The third-order valence-corrected chi connectivity index (χ3v) is 9.71. The van der Waals surface area contributed by atoms with E-state index in [9.17, 15) is 0 Å². The minimum Gasteiger partial charge on any atom is -0.0654 e. The first-order valence-electron chi connectivity index (χ1n) is 16.2. The van der Waals surface area contributed by atoms with Crippen LogP contribution in [0, 0.1) is 6.92 Å². The predicted octanol–water partition coefficient (Wildman–Crippen LogP) is 12.2. The lowest BCUT2D eigenvalue weighted by Gasteiger charge is -2.35. The van der Waals surface area contributed by atoms with Gasteiger partial charge in [-0.15, -0.1) is 0 Å². The molecule has 1 aliphatic rings. The lowest BCUT2D eigenvalue weighted by atomic mass is 9.68. The molecule has 2 aromatic carbocycles. The average molecular weight is 503 g/mol. The van der Waals surface area contributed by atoms with Gasteiger partial charge in [-0.3, -0.25) is 0 Å². The van der Waals surface area contributed by atoms with Gasteiger partial charge in [0.1, 0.15) is 0 Å². The Balaban J connectivity index is 2.00. The smallest absolute Gasteiger partial charge is 0.0215 e. The molecule has 1 unspecified atom stereocenters. The first kappa shape index (κ1) is 30.0. The van der Waals surface area contributed by atoms with Crippen molar-refractivity contribution in [1.29, 1.82) is 0 Å². The highest BCUT2D eigenvalue weighted by Crippen LogP contribution is 2.55. The van der Waals surface area contributed by atoms with Gasteiger partial charge in [-0.25, -0.2) is 0 Å². The normalized spacial score (nSPS) is 15.4. The molecule has 0 N–H and O–H groups in total. The van der Waals surface area contributed by atoms with E-state index in [0.29, 0.717) is 0 Å². The predicted molar refractivity (Wildman–Crippen MR) is 166 cm³/mol. The Morgan fingerprint density at radius 1 is 0.595 bits per heavy atom. The Labute approximate surface area is 231 Å². The summed E-state index contributed by atoms with van der Waals surface area (Å²) in [4.78, 5) is 0. The fourth-order valence-corrected chi connectivity index (χ4v) is 7.14. The summed E-state index contributed by atoms with van der Waals surface area (Å²) >= 11 is 0. The lowest BCUT2D eigenvalue weighted by Crippen LogP contribution is -2.27. The molecule has 0 aromatic heterocycles. The van der Waals surface area contributed by atoms with E-state index in [0.717, 1.165) is 0 Å². The maximum absolute atomic E-state index is 2.69. The summed E-state index contributed by atoms with van der Waals surface area (Å²) in [5, 5.41) is 0. The van der Waals surface area contributed by atoms with Crippen LogP contribution in [0.2, 0.25) is 0 Å². The van der Waals surface area contributed by atoms with Crippen LogP contribution in [0.5, 0.6) is 0 Å². The second-order valence-corrected chi connectivity index (χ2v) is 12.6. The molecular formula is C37H58. The molecular weight excluding hydrogens is 444 g/mol. The molecule has 0 radical (unpaired) electrons. The van der Waals surface area contributed by atoms with Crippen LogP contribution in [0.3, 0.4) is 0 Å². The number of rotatable bonds is 18. The van der Waals surface area contributed by atoms with Gasteiger partial charge in [-0.1, -0.05) is 160 Å². The molecule has 0 heteroatoms. The van der Waals surface area contributed by atoms with Gasteiger partial charge in [0.2, 0.25) is 0 Å². The fraction of sp³-hybridized carbons (Fsp3) is 0.676. The Bertz CT molecular complexity index is 935. The molecule has 37 heavy (non-hydrogen) atoms. The van der Waals surface area contributed by atoms with Crippen molar-refractivity contribution >= 4 is 0 Å². The first-order chi connectivity index (χ1) is 18.0. The quantitative estimate of drug-likeness (QED) is 0.178. The van der Waals surface area contributed by atoms with Gasteiger partial charge < -0.3 is 0 Å². The Kier molecular flexibility index (Phi) is 11.8. The molecule has 0 amide bonds. The van der Waals surface area contributed by atoms with Crippen molar-refractivity contribution in [3.8, 4) is 11.1 Å². The van der Waals surface area contributed by atoms with E-state index in [1.54, 1.807) is 16.7 Å². The Morgan fingerprint density at radius 3 is 1.65 bits per heavy atom. The molecule has 0 bridgehead atoms. The molecule has 206 valence electrons. The minimum absolute atomic E-state index is 0.197. The highest BCUT2D eigenvalue weighted by molar-refractivity contribution is 5.82. The summed E-state index contributed by atoms with van der Waals surface area (Å²) in [6.45, 7) is 14.2. The van der Waals surface area contributed by atoms with Crippen LogP contribution in [0.4, 0.5) is 0 Å². The van der Waals surface area contributed by atoms with Gasteiger partial charge in [0.25, 0.3) is 0 Å². The molecule has 0 nitrogen and oxygen atoms in total. The molecule has 0 saturated carbocycles. The van der Waals surface area contributed by atoms with E-state index in [1.807, 2.05) is 0 Å². The summed E-state index contributed by atoms with van der Waals surface area (Å²) in [6.07, 6.45) is 22.9. The molecule has 1 atom stereocenters. The van der Waals surface area contributed by atoms with Gasteiger partial charge in [-0.05, 0) is 65.8 Å². The second kappa shape index (κ2) is 14.6. The monoisotopic (exact) mass is 502 g/mol. The van der Waals surface area contributed by atoms with Crippen LogP contribution in [0.15, 0.2) is 36.4 Å². The number of hydrogen-bond acceptors (Lipinski definition) is 0. The maximum atomic E-state index is 2.69. The Morgan fingerprint density at radius 2 is 1.11 bits per heavy atom. The van der Waals surface area contributed by atoms with Gasteiger partial charge >= 0.3 is 0 Å². The standard InChI is InChI=1S/C37H58/c1-7-11-13-15-17-19-26-37(27-20-18-16-14-12-8-2)34-28-30(5)21-23-32(34)33-24-22-31(29-35(33)37)36(6,10-4)25-9-3/h21-24,28-29H,7-20,25-27H2,1-6H3. The van der Waals surface area contributed by atoms with Crippen molar-refractivity contribution in [1.82, 2.24) is 0 Å². The van der Waals surface area contributed by atoms with E-state index in [-0.39, 0.29) is 10.8 Å². The van der Waals surface area contributed by atoms with Crippen LogP contribution < -0.4 is 0 Å². The van der Waals surface area contributed by atoms with Gasteiger partial charge in [0.15, 0.2) is 0 Å². The number of hydrogen-bond donors (Lipinski definition) is 0. The van der Waals surface area contributed by atoms with Crippen LogP contribution in [-0.2, 0) is 10.8 Å². The Hall–Kier alpha value is -1.56. The largest absolute Gasteiger partial charge is 0.0654 e. The third-order valence-electron chi connectivity index (χ3n) is 9.71. The van der Waals surface area contributed by atoms with Crippen molar-refractivity contribution in [3.05, 3.63) is 58.7 Å². The first-order valence-corrected chi connectivity index (χ1v) is 16.2. The maximum Gasteiger partial charge on any atom is 0.0215 e. The van der Waals surface area contributed by atoms with Gasteiger partial charge in [0, 0.05) is 5.41 Å². The molecule has 2 aromatic rings. The number of benzene rings is 2. The molecule has 0 aliphatic heterocycles. The van der Waals surface area contributed by atoms with Crippen LogP contribution in [0.1, 0.15) is 166 Å². The molecule has 1 aliphatic carbocycles. The summed E-state index contributed by atoms with van der Waals surface area (Å²) in [7, 11) is 0. The van der Waals surface area contributed by atoms with Crippen molar-refractivity contribution in [3.63, 3.8) is 0 Å². The lowest BCUT2D eigenvalue weighted by molar-refractivity contribution is 0.392. The average Bonchev–Trinajstić information content (AvgIpc) is 3.16. The molecule has 0 spiro atoms. The molecule has 0 fully saturated rings. The van der Waals surface area contributed by atoms with E-state index < -0.39 is 0 Å². The third kappa shape index (κ3) is 7.10. The van der Waals surface area contributed by atoms with Crippen molar-refractivity contribution < 1.29 is 0 Å². The molecule has 3 rings (SSSR count). The number of unbranched alkanes of at least 4 members (excludes halogenated alkanes) is 10. The minimum atomic E-state index is 0.197. The summed E-state index contributed by atoms with van der Waals surface area (Å²) in [6, 6.07) is 15.0. The molecule has 0 heterocycles. The number of fused-ring (bicyclic) bond motifs is 3. The van der Waals surface area contributed by atoms with E-state index in [2.05, 4.69) is 77.9 Å². The fourth-order valence-electron chi connectivity index (χ4n) is 7.14. The van der Waals surface area contributed by atoms with Crippen molar-refractivity contribution in [2.45, 2.75) is 162 Å². The highest BCUT2D eigenvalue weighted by Gasteiger charge is 2.43. The zero-order chi connectivity index (χ0) is 26.7. The summed E-state index contributed by atoms with van der Waals surface area (Å²) < 4.78 is 0. The summed E-state index contributed by atoms with van der Waals surface area (Å²) in [5.74, 6) is 0. The van der Waals surface area contributed by atoms with E-state index in [4.69, 9.17) is 0 Å². The topological polar surface area (TPSA) is 0 Å². The number of aryl methyl sites for hydroxylation is 1. The van der Waals surface area contributed by atoms with Crippen molar-refractivity contribution in [2.24, 2.45) is 0 Å². The van der Waals surface area contributed by atoms with Crippen LogP contribution in [-0.4, -0.2) is 0 Å². The van der Waals surface area contributed by atoms with Crippen LogP contribution >= 0.6 is 0 Å².